The van der Waals surface area contributed by atoms with Gasteiger partial charge in [0, 0.05) is 23.7 Å². The molecule has 0 amide bonds. The fraction of sp³-hybridized carbons (Fsp3) is 0.118. The average Bonchev–Trinajstić information content (AvgIpc) is 2.92. The zero-order valence-corrected chi connectivity index (χ0v) is 18.7. The largest absolute Gasteiger partial charge is 0.0619 e. The molecule has 5 aromatic carbocycles. The molecule has 4 bridgehead atoms. The number of hydrogen-bond donors (Lipinski definition) is 0. The molecule has 0 nitrogen and oxygen atoms in total. The lowest BCUT2D eigenvalue weighted by Crippen LogP contribution is -2.34. The average molecular weight is 431 g/mol. The zero-order valence-electron chi connectivity index (χ0n) is 18.7. The van der Waals surface area contributed by atoms with Crippen LogP contribution in [0, 0.1) is 0 Å². The van der Waals surface area contributed by atoms with Crippen molar-refractivity contribution in [3.05, 3.63) is 176 Å². The van der Waals surface area contributed by atoms with Crippen molar-refractivity contribution in [2.45, 2.75) is 23.7 Å². The Morgan fingerprint density at radius 3 is 0.735 bits per heavy atom. The summed E-state index contributed by atoms with van der Waals surface area (Å²) >= 11 is 0. The van der Waals surface area contributed by atoms with E-state index in [2.05, 4.69) is 109 Å². The van der Waals surface area contributed by atoms with Gasteiger partial charge in [0.15, 0.2) is 0 Å². The molecule has 0 aromatic heterocycles. The van der Waals surface area contributed by atoms with Crippen molar-refractivity contribution in [2.75, 3.05) is 0 Å². The van der Waals surface area contributed by atoms with Crippen molar-refractivity contribution in [2.24, 2.45) is 0 Å². The summed E-state index contributed by atoms with van der Waals surface area (Å²) < 4.78 is 0. The third-order valence-corrected chi connectivity index (χ3v) is 9.03. The first-order valence-corrected chi connectivity index (χ1v) is 12.4. The van der Waals surface area contributed by atoms with Crippen molar-refractivity contribution in [1.82, 2.24) is 0 Å². The Balaban J connectivity index is 1.42. The van der Waals surface area contributed by atoms with Crippen LogP contribution in [0.5, 0.6) is 0 Å². The number of hydrogen-bond acceptors (Lipinski definition) is 0. The van der Waals surface area contributed by atoms with Crippen molar-refractivity contribution >= 4 is 0 Å². The predicted octanol–water partition coefficient (Wildman–Crippen LogP) is 7.66. The zero-order chi connectivity index (χ0) is 22.0. The molecule has 0 atom stereocenters. The predicted molar refractivity (Wildman–Crippen MR) is 136 cm³/mol. The van der Waals surface area contributed by atoms with Gasteiger partial charge in [-0.05, 0) is 66.8 Å². The van der Waals surface area contributed by atoms with Gasteiger partial charge < -0.3 is 0 Å². The normalized spacial score (nSPS) is 23.3. The van der Waals surface area contributed by atoms with Gasteiger partial charge in [-0.2, -0.15) is 0 Å². The quantitative estimate of drug-likeness (QED) is 0.232. The van der Waals surface area contributed by atoms with E-state index in [0.717, 1.165) is 0 Å². The van der Waals surface area contributed by atoms with Crippen molar-refractivity contribution < 1.29 is 0 Å². The Morgan fingerprint density at radius 2 is 0.471 bits per heavy atom. The van der Waals surface area contributed by atoms with Crippen LogP contribution in [0.25, 0.3) is 0 Å². The monoisotopic (exact) mass is 430 g/mol. The van der Waals surface area contributed by atoms with Crippen LogP contribution in [-0.4, -0.2) is 0 Å². The first-order valence-electron chi connectivity index (χ1n) is 12.4. The lowest BCUT2D eigenvalue weighted by Gasteiger charge is -2.49. The standard InChI is InChI=1S/C34H22/c1-5-13-23-19(9-1)29-20-10-2-6-14-24(20)31(23)33-27(29)17-18-28-30-21-11-3-7-15-25(21)32(34(28)33)26-16-8-4-12-22(26)30/h1-18,29-32H. The van der Waals surface area contributed by atoms with E-state index in [0.29, 0.717) is 23.7 Å². The van der Waals surface area contributed by atoms with Gasteiger partial charge in [0.05, 0.1) is 0 Å². The van der Waals surface area contributed by atoms with Gasteiger partial charge in [0.1, 0.15) is 0 Å². The SMILES string of the molecule is c1ccc2c(c1)C1c3ccccc3C2c2c1ccc1c2C2c3ccccc3C1c1ccccc12. The number of rotatable bonds is 0. The molecule has 0 saturated heterocycles. The lowest BCUT2D eigenvalue weighted by molar-refractivity contribution is 0.694. The molecular formula is C34H22. The minimum atomic E-state index is 0.320. The van der Waals surface area contributed by atoms with E-state index in [-0.39, 0.29) is 0 Å². The fourth-order valence-corrected chi connectivity index (χ4v) is 7.93. The molecule has 0 unspecified atom stereocenters. The topological polar surface area (TPSA) is 0 Å². The molecule has 0 spiro atoms. The Kier molecular flexibility index (Phi) is 3.08. The van der Waals surface area contributed by atoms with Gasteiger partial charge in [0.25, 0.3) is 0 Å². The Bertz CT molecular complexity index is 1470. The Labute approximate surface area is 199 Å². The van der Waals surface area contributed by atoms with Gasteiger partial charge >= 0.3 is 0 Å². The van der Waals surface area contributed by atoms with E-state index in [1.54, 1.807) is 11.1 Å². The molecule has 0 radical (unpaired) electrons. The second kappa shape index (κ2) is 5.96. The molecule has 6 aliphatic rings. The van der Waals surface area contributed by atoms with Crippen LogP contribution >= 0.6 is 0 Å². The molecule has 5 aromatic rings. The van der Waals surface area contributed by atoms with E-state index in [1.807, 2.05) is 0 Å². The van der Waals surface area contributed by atoms with Crippen molar-refractivity contribution in [1.29, 1.82) is 0 Å². The van der Waals surface area contributed by atoms with Crippen LogP contribution in [0.15, 0.2) is 109 Å². The highest BCUT2D eigenvalue weighted by Gasteiger charge is 2.48. The van der Waals surface area contributed by atoms with Crippen LogP contribution in [0.1, 0.15) is 90.4 Å². The van der Waals surface area contributed by atoms with E-state index >= 15 is 0 Å². The molecule has 0 fully saturated rings. The summed E-state index contributed by atoms with van der Waals surface area (Å²) in [7, 11) is 0. The maximum Gasteiger partial charge on any atom is 0.0352 e. The summed E-state index contributed by atoms with van der Waals surface area (Å²) in [5.74, 6) is 1.31. The maximum atomic E-state index is 2.48. The summed E-state index contributed by atoms with van der Waals surface area (Å²) in [5.41, 5.74) is 18.3. The first kappa shape index (κ1) is 17.6. The third-order valence-electron chi connectivity index (χ3n) is 9.03. The van der Waals surface area contributed by atoms with E-state index < -0.39 is 0 Å². The van der Waals surface area contributed by atoms with Crippen molar-refractivity contribution in [3.63, 3.8) is 0 Å². The minimum absolute atomic E-state index is 0.320. The van der Waals surface area contributed by atoms with Crippen LogP contribution in [0.2, 0.25) is 0 Å². The minimum Gasteiger partial charge on any atom is -0.0619 e. The van der Waals surface area contributed by atoms with Gasteiger partial charge in [-0.15, -0.1) is 0 Å². The van der Waals surface area contributed by atoms with E-state index in [9.17, 15) is 0 Å². The van der Waals surface area contributed by atoms with Crippen LogP contribution in [0.3, 0.4) is 0 Å². The van der Waals surface area contributed by atoms with Gasteiger partial charge in [0.2, 0.25) is 0 Å². The second-order valence-corrected chi connectivity index (χ2v) is 10.3. The summed E-state index contributed by atoms with van der Waals surface area (Å²) in [4.78, 5) is 0. The highest BCUT2D eigenvalue weighted by atomic mass is 14.5. The summed E-state index contributed by atoms with van der Waals surface area (Å²) in [6, 6.07) is 41.7. The summed E-state index contributed by atoms with van der Waals surface area (Å²) in [6.07, 6.45) is 0. The molecule has 0 heterocycles. The first-order chi connectivity index (χ1) is 16.9. The van der Waals surface area contributed by atoms with Crippen LogP contribution in [-0.2, 0) is 0 Å². The third kappa shape index (κ3) is 1.87. The molecular weight excluding hydrogens is 408 g/mol. The molecule has 0 N–H and O–H groups in total. The molecule has 158 valence electrons. The highest BCUT2D eigenvalue weighted by Crippen LogP contribution is 2.63. The highest BCUT2D eigenvalue weighted by molar-refractivity contribution is 5.76. The molecule has 34 heavy (non-hydrogen) atoms. The van der Waals surface area contributed by atoms with Gasteiger partial charge in [-0.25, -0.2) is 0 Å². The van der Waals surface area contributed by atoms with E-state index in [1.165, 1.54) is 55.6 Å². The maximum absolute atomic E-state index is 2.48. The van der Waals surface area contributed by atoms with Crippen molar-refractivity contribution in [3.8, 4) is 0 Å². The molecule has 0 heteroatoms. The van der Waals surface area contributed by atoms with E-state index in [4.69, 9.17) is 0 Å². The molecule has 11 rings (SSSR count). The second-order valence-electron chi connectivity index (χ2n) is 10.3. The van der Waals surface area contributed by atoms with Crippen LogP contribution in [0.4, 0.5) is 0 Å². The molecule has 0 saturated carbocycles. The van der Waals surface area contributed by atoms with Gasteiger partial charge in [-0.1, -0.05) is 109 Å². The Morgan fingerprint density at radius 1 is 0.235 bits per heavy atom. The summed E-state index contributed by atoms with van der Waals surface area (Å²) in [5, 5.41) is 0. The lowest BCUT2D eigenvalue weighted by atomic mass is 9.54. The molecule has 0 aliphatic heterocycles. The van der Waals surface area contributed by atoms with Gasteiger partial charge in [-0.3, -0.25) is 0 Å². The fourth-order valence-electron chi connectivity index (χ4n) is 7.93. The summed E-state index contributed by atoms with van der Waals surface area (Å²) in [6.45, 7) is 0. The number of benzene rings is 5. The smallest absolute Gasteiger partial charge is 0.0352 e. The molecule has 6 aliphatic carbocycles. The van der Waals surface area contributed by atoms with Crippen LogP contribution < -0.4 is 0 Å². The Hall–Kier alpha value is -3.90.